The van der Waals surface area contributed by atoms with Gasteiger partial charge >= 0.3 is 0 Å². The lowest BCUT2D eigenvalue weighted by Crippen LogP contribution is -2.47. The predicted octanol–water partition coefficient (Wildman–Crippen LogP) is 2.32. The Morgan fingerprint density at radius 2 is 2.10 bits per heavy atom. The maximum atomic E-state index is 4.09. The number of rotatable bonds is 5. The summed E-state index contributed by atoms with van der Waals surface area (Å²) in [6.07, 6.45) is 5.78. The first-order chi connectivity index (χ1) is 9.83. The van der Waals surface area contributed by atoms with Crippen LogP contribution in [0.25, 0.3) is 0 Å². The molecule has 0 saturated carbocycles. The molecule has 0 bridgehead atoms. The Morgan fingerprint density at radius 1 is 1.25 bits per heavy atom. The number of thiophene rings is 1. The van der Waals surface area contributed by atoms with E-state index >= 15 is 0 Å². The van der Waals surface area contributed by atoms with Crippen molar-refractivity contribution < 1.29 is 0 Å². The van der Waals surface area contributed by atoms with Crippen molar-refractivity contribution in [2.24, 2.45) is 0 Å². The molecule has 0 amide bonds. The number of nitrogens with zero attached hydrogens (tertiary/aromatic N) is 4. The summed E-state index contributed by atoms with van der Waals surface area (Å²) < 4.78 is 2.15. The van der Waals surface area contributed by atoms with Crippen molar-refractivity contribution in [1.82, 2.24) is 19.4 Å². The Morgan fingerprint density at radius 3 is 2.75 bits per heavy atom. The van der Waals surface area contributed by atoms with Crippen LogP contribution < -0.4 is 0 Å². The van der Waals surface area contributed by atoms with E-state index in [0.717, 1.165) is 13.1 Å². The van der Waals surface area contributed by atoms with Crippen LogP contribution in [0.4, 0.5) is 0 Å². The fourth-order valence-electron chi connectivity index (χ4n) is 2.77. The molecule has 20 heavy (non-hydrogen) atoms. The van der Waals surface area contributed by atoms with Gasteiger partial charge in [-0.15, -0.1) is 0 Å². The van der Waals surface area contributed by atoms with Gasteiger partial charge in [0.2, 0.25) is 0 Å². The van der Waals surface area contributed by atoms with Crippen LogP contribution in [0.5, 0.6) is 0 Å². The van der Waals surface area contributed by atoms with Crippen molar-refractivity contribution in [3.05, 3.63) is 41.1 Å². The average molecular weight is 290 g/mol. The first kappa shape index (κ1) is 13.8. The molecule has 0 N–H and O–H groups in total. The lowest BCUT2D eigenvalue weighted by Gasteiger charge is -2.38. The SMILES string of the molecule is CC(c1ccsc1)N1CCN(CCn2ccnc2)CC1. The van der Waals surface area contributed by atoms with Crippen LogP contribution in [-0.2, 0) is 6.54 Å². The van der Waals surface area contributed by atoms with Gasteiger partial charge in [0.1, 0.15) is 0 Å². The fraction of sp³-hybridized carbons (Fsp3) is 0.533. The zero-order valence-corrected chi connectivity index (χ0v) is 12.8. The summed E-state index contributed by atoms with van der Waals surface area (Å²) >= 11 is 1.79. The first-order valence-electron chi connectivity index (χ1n) is 7.27. The molecule has 1 aliphatic rings. The minimum absolute atomic E-state index is 0.553. The Hall–Kier alpha value is -1.17. The summed E-state index contributed by atoms with van der Waals surface area (Å²) in [6.45, 7) is 9.16. The van der Waals surface area contributed by atoms with Crippen LogP contribution in [-0.4, -0.2) is 52.1 Å². The smallest absolute Gasteiger partial charge is 0.0946 e. The zero-order valence-electron chi connectivity index (χ0n) is 12.0. The van der Waals surface area contributed by atoms with Gasteiger partial charge in [0.25, 0.3) is 0 Å². The molecule has 1 unspecified atom stereocenters. The van der Waals surface area contributed by atoms with Gasteiger partial charge in [0.15, 0.2) is 0 Å². The van der Waals surface area contributed by atoms with Crippen molar-refractivity contribution in [2.45, 2.75) is 19.5 Å². The fourth-order valence-corrected chi connectivity index (χ4v) is 3.52. The van der Waals surface area contributed by atoms with Gasteiger partial charge in [-0.1, -0.05) is 0 Å². The van der Waals surface area contributed by atoms with E-state index in [-0.39, 0.29) is 0 Å². The van der Waals surface area contributed by atoms with Gasteiger partial charge in [0.05, 0.1) is 6.33 Å². The van der Waals surface area contributed by atoms with Crippen LogP contribution in [0.1, 0.15) is 18.5 Å². The lowest BCUT2D eigenvalue weighted by molar-refractivity contribution is 0.100. The molecule has 1 saturated heterocycles. The Bertz CT molecular complexity index is 486. The van der Waals surface area contributed by atoms with E-state index in [9.17, 15) is 0 Å². The third-order valence-corrected chi connectivity index (χ3v) is 4.92. The molecular weight excluding hydrogens is 268 g/mol. The zero-order chi connectivity index (χ0) is 13.8. The molecule has 2 aromatic heterocycles. The third-order valence-electron chi connectivity index (χ3n) is 4.21. The highest BCUT2D eigenvalue weighted by molar-refractivity contribution is 7.07. The Balaban J connectivity index is 1.45. The van der Waals surface area contributed by atoms with Crippen molar-refractivity contribution >= 4 is 11.3 Å². The van der Waals surface area contributed by atoms with Gasteiger partial charge in [-0.05, 0) is 29.3 Å². The molecule has 5 heteroatoms. The van der Waals surface area contributed by atoms with Crippen LogP contribution in [0.3, 0.4) is 0 Å². The topological polar surface area (TPSA) is 24.3 Å². The highest BCUT2D eigenvalue weighted by Crippen LogP contribution is 2.23. The highest BCUT2D eigenvalue weighted by atomic mass is 32.1. The summed E-state index contributed by atoms with van der Waals surface area (Å²) in [7, 11) is 0. The van der Waals surface area contributed by atoms with Crippen LogP contribution in [0, 0.1) is 0 Å². The molecule has 0 radical (unpaired) electrons. The van der Waals surface area contributed by atoms with E-state index in [1.807, 2.05) is 18.7 Å². The van der Waals surface area contributed by atoms with Gasteiger partial charge in [-0.25, -0.2) is 4.98 Å². The summed E-state index contributed by atoms with van der Waals surface area (Å²) in [5.74, 6) is 0. The van der Waals surface area contributed by atoms with E-state index in [4.69, 9.17) is 0 Å². The second-order valence-corrected chi connectivity index (χ2v) is 6.19. The molecule has 1 atom stereocenters. The van der Waals surface area contributed by atoms with Gasteiger partial charge in [-0.2, -0.15) is 11.3 Å². The molecule has 1 fully saturated rings. The quantitative estimate of drug-likeness (QED) is 0.844. The molecule has 108 valence electrons. The highest BCUT2D eigenvalue weighted by Gasteiger charge is 2.21. The van der Waals surface area contributed by atoms with Crippen molar-refractivity contribution in [2.75, 3.05) is 32.7 Å². The summed E-state index contributed by atoms with van der Waals surface area (Å²) in [5.41, 5.74) is 1.46. The first-order valence-corrected chi connectivity index (χ1v) is 8.21. The Kier molecular flexibility index (Phi) is 4.50. The van der Waals surface area contributed by atoms with Gasteiger partial charge in [-0.3, -0.25) is 9.80 Å². The number of aromatic nitrogens is 2. The number of hydrogen-bond acceptors (Lipinski definition) is 4. The minimum Gasteiger partial charge on any atom is -0.336 e. The van der Waals surface area contributed by atoms with E-state index < -0.39 is 0 Å². The molecular formula is C15H22N4S. The Labute approximate surface area is 124 Å². The molecule has 4 nitrogen and oxygen atoms in total. The number of piperazine rings is 1. The number of imidazole rings is 1. The molecule has 3 rings (SSSR count). The summed E-state index contributed by atoms with van der Waals surface area (Å²) in [4.78, 5) is 9.23. The second-order valence-electron chi connectivity index (χ2n) is 5.41. The van der Waals surface area contributed by atoms with Crippen LogP contribution >= 0.6 is 11.3 Å². The molecule has 2 aromatic rings. The minimum atomic E-state index is 0.553. The second kappa shape index (κ2) is 6.52. The van der Waals surface area contributed by atoms with Crippen molar-refractivity contribution in [3.8, 4) is 0 Å². The van der Waals surface area contributed by atoms with Crippen LogP contribution in [0.15, 0.2) is 35.5 Å². The average Bonchev–Trinajstić information content (AvgIpc) is 3.18. The predicted molar refractivity (Wildman–Crippen MR) is 83.0 cm³/mol. The van der Waals surface area contributed by atoms with Gasteiger partial charge < -0.3 is 4.57 Å². The van der Waals surface area contributed by atoms with Crippen molar-refractivity contribution in [1.29, 1.82) is 0 Å². The summed E-state index contributed by atoms with van der Waals surface area (Å²) in [6, 6.07) is 2.80. The van der Waals surface area contributed by atoms with E-state index in [0.29, 0.717) is 6.04 Å². The maximum Gasteiger partial charge on any atom is 0.0946 e. The standard InChI is InChI=1S/C15H22N4S/c1-14(15-2-11-20-12-15)19-9-7-17(8-10-19)5-6-18-4-3-16-13-18/h2-4,11-14H,5-10H2,1H3. The molecule has 0 spiro atoms. The monoisotopic (exact) mass is 290 g/mol. The molecule has 0 aliphatic carbocycles. The lowest BCUT2D eigenvalue weighted by atomic mass is 10.1. The molecule has 1 aliphatic heterocycles. The van der Waals surface area contributed by atoms with Crippen molar-refractivity contribution in [3.63, 3.8) is 0 Å². The van der Waals surface area contributed by atoms with Crippen LogP contribution in [0.2, 0.25) is 0 Å². The third kappa shape index (κ3) is 3.29. The van der Waals surface area contributed by atoms with E-state index in [2.05, 4.69) is 43.1 Å². The maximum absolute atomic E-state index is 4.09. The molecule has 3 heterocycles. The van der Waals surface area contributed by atoms with E-state index in [1.54, 1.807) is 11.3 Å². The van der Waals surface area contributed by atoms with E-state index in [1.165, 1.54) is 31.7 Å². The largest absolute Gasteiger partial charge is 0.336 e. The normalized spacial score (nSPS) is 19.2. The summed E-state index contributed by atoms with van der Waals surface area (Å²) in [5, 5.41) is 4.45. The van der Waals surface area contributed by atoms with Gasteiger partial charge in [0, 0.05) is 57.7 Å². The number of hydrogen-bond donors (Lipinski definition) is 0. The molecule has 0 aromatic carbocycles.